The van der Waals surface area contributed by atoms with Crippen molar-refractivity contribution in [2.24, 2.45) is 0 Å². The van der Waals surface area contributed by atoms with Crippen LogP contribution in [0.25, 0.3) is 0 Å². The molecule has 32 heavy (non-hydrogen) atoms. The van der Waals surface area contributed by atoms with Crippen LogP contribution in [0, 0.1) is 0 Å². The molecule has 0 aliphatic carbocycles. The summed E-state index contributed by atoms with van der Waals surface area (Å²) in [5, 5.41) is 9.46. The van der Waals surface area contributed by atoms with Gasteiger partial charge < -0.3 is 15.7 Å². The third kappa shape index (κ3) is 4.21. The average molecular weight is 484 g/mol. The molecule has 3 N–H and O–H groups in total. The van der Waals surface area contributed by atoms with E-state index in [1.54, 1.807) is 4.90 Å². The van der Waals surface area contributed by atoms with Gasteiger partial charge in [-0.25, -0.2) is 13.4 Å². The van der Waals surface area contributed by atoms with E-state index < -0.39 is 33.5 Å². The highest BCUT2D eigenvalue weighted by molar-refractivity contribution is 7.89. The molecular formula is C18H18F6N4O3S. The van der Waals surface area contributed by atoms with Crippen LogP contribution in [0.2, 0.25) is 0 Å². The molecule has 0 radical (unpaired) electrons. The Morgan fingerprint density at radius 2 is 1.44 bits per heavy atom. The highest BCUT2D eigenvalue weighted by Gasteiger charge is 2.71. The van der Waals surface area contributed by atoms with Crippen molar-refractivity contribution in [3.05, 3.63) is 48.2 Å². The second-order valence-corrected chi connectivity index (χ2v) is 9.00. The maximum absolute atomic E-state index is 13.0. The molecule has 0 spiro atoms. The predicted molar refractivity (Wildman–Crippen MR) is 102 cm³/mol. The fraction of sp³-hybridized carbons (Fsp3) is 0.389. The molecular weight excluding hydrogens is 466 g/mol. The lowest BCUT2D eigenvalue weighted by molar-refractivity contribution is -0.376. The average Bonchev–Trinajstić information content (AvgIpc) is 2.72. The van der Waals surface area contributed by atoms with Gasteiger partial charge in [0.15, 0.2) is 0 Å². The van der Waals surface area contributed by atoms with Gasteiger partial charge >= 0.3 is 12.4 Å². The van der Waals surface area contributed by atoms with Crippen molar-refractivity contribution >= 4 is 21.5 Å². The first kappa shape index (κ1) is 24.1. The molecule has 1 aromatic heterocycles. The van der Waals surface area contributed by atoms with E-state index >= 15 is 0 Å². The number of sulfonamides is 1. The maximum atomic E-state index is 13.0. The van der Waals surface area contributed by atoms with E-state index in [4.69, 9.17) is 5.73 Å². The van der Waals surface area contributed by atoms with Crippen LogP contribution < -0.4 is 10.6 Å². The number of nitrogens with two attached hydrogens (primary N) is 1. The Kier molecular flexibility index (Phi) is 6.08. The van der Waals surface area contributed by atoms with E-state index in [1.165, 1.54) is 22.6 Å². The summed E-state index contributed by atoms with van der Waals surface area (Å²) in [4.78, 5) is 5.30. The van der Waals surface area contributed by atoms with Crippen molar-refractivity contribution in [3.8, 4) is 0 Å². The van der Waals surface area contributed by atoms with Crippen LogP contribution in [0.1, 0.15) is 5.56 Å². The topological polar surface area (TPSA) is 99.8 Å². The largest absolute Gasteiger partial charge is 0.430 e. The van der Waals surface area contributed by atoms with Crippen LogP contribution in [0.15, 0.2) is 47.5 Å². The van der Waals surface area contributed by atoms with Crippen LogP contribution in [-0.4, -0.2) is 61.3 Å². The van der Waals surface area contributed by atoms with Gasteiger partial charge in [0.1, 0.15) is 5.82 Å². The summed E-state index contributed by atoms with van der Waals surface area (Å²) in [6.45, 7) is 0.340. The lowest BCUT2D eigenvalue weighted by Crippen LogP contribution is -2.54. The lowest BCUT2D eigenvalue weighted by Gasteiger charge is -2.36. The zero-order valence-corrected chi connectivity index (χ0v) is 17.0. The Hall–Kier alpha value is -2.58. The molecule has 2 aromatic rings. The number of anilines is 2. The standard InChI is InChI=1S/C18H18F6N4O3S/c19-17(20,21)16(29,18(22,23)24)12-1-3-13(4-2-12)27-7-9-28(10-8-27)32(30,31)14-5-6-26-15(25)11-14/h1-6,11,29H,7-10H2,(H2,25,26). The summed E-state index contributed by atoms with van der Waals surface area (Å²) in [6.07, 6.45) is -10.7. The first-order chi connectivity index (χ1) is 14.7. The number of aliphatic hydroxyl groups is 1. The Bertz CT molecular complexity index is 1050. The molecule has 0 unspecified atom stereocenters. The first-order valence-electron chi connectivity index (χ1n) is 9.11. The van der Waals surface area contributed by atoms with Crippen molar-refractivity contribution in [1.29, 1.82) is 0 Å². The van der Waals surface area contributed by atoms with E-state index in [0.717, 1.165) is 12.1 Å². The molecule has 1 aliphatic heterocycles. The molecule has 7 nitrogen and oxygen atoms in total. The van der Waals surface area contributed by atoms with Crippen molar-refractivity contribution in [2.45, 2.75) is 22.8 Å². The number of nitrogen functional groups attached to an aromatic ring is 1. The minimum Gasteiger partial charge on any atom is -0.384 e. The molecule has 3 rings (SSSR count). The van der Waals surface area contributed by atoms with E-state index in [9.17, 15) is 39.9 Å². The van der Waals surface area contributed by atoms with Crippen molar-refractivity contribution in [2.75, 3.05) is 36.8 Å². The number of benzene rings is 1. The van der Waals surface area contributed by atoms with Crippen LogP contribution in [0.3, 0.4) is 0 Å². The fourth-order valence-electron chi connectivity index (χ4n) is 3.33. The van der Waals surface area contributed by atoms with E-state index in [2.05, 4.69) is 4.98 Å². The number of alkyl halides is 6. The first-order valence-corrected chi connectivity index (χ1v) is 10.5. The third-order valence-corrected chi connectivity index (χ3v) is 6.99. The summed E-state index contributed by atoms with van der Waals surface area (Å²) in [5.41, 5.74) is -0.564. The Morgan fingerprint density at radius 3 is 1.91 bits per heavy atom. The van der Waals surface area contributed by atoms with Crippen LogP contribution in [-0.2, 0) is 15.6 Å². The van der Waals surface area contributed by atoms with E-state index in [1.807, 2.05) is 0 Å². The highest BCUT2D eigenvalue weighted by Crippen LogP contribution is 2.50. The number of hydrogen-bond donors (Lipinski definition) is 2. The fourth-order valence-corrected chi connectivity index (χ4v) is 4.77. The number of hydrogen-bond acceptors (Lipinski definition) is 6. The van der Waals surface area contributed by atoms with Crippen molar-refractivity contribution in [3.63, 3.8) is 0 Å². The highest BCUT2D eigenvalue weighted by atomic mass is 32.2. The Labute approximate surface area is 179 Å². The summed E-state index contributed by atoms with van der Waals surface area (Å²) < 4.78 is 105. The summed E-state index contributed by atoms with van der Waals surface area (Å²) in [5.74, 6) is 0.0301. The molecule has 0 saturated carbocycles. The van der Waals surface area contributed by atoms with Crippen LogP contribution in [0.4, 0.5) is 37.8 Å². The molecule has 0 bridgehead atoms. The van der Waals surface area contributed by atoms with E-state index in [-0.39, 0.29) is 42.6 Å². The van der Waals surface area contributed by atoms with E-state index in [0.29, 0.717) is 12.1 Å². The lowest BCUT2D eigenvalue weighted by atomic mass is 9.92. The SMILES string of the molecule is Nc1cc(S(=O)(=O)N2CCN(c3ccc(C(O)(C(F)(F)F)C(F)(F)F)cc3)CC2)ccn1. The summed E-state index contributed by atoms with van der Waals surface area (Å²) >= 11 is 0. The molecule has 1 saturated heterocycles. The normalized spacial score (nSPS) is 16.9. The third-order valence-electron chi connectivity index (χ3n) is 5.10. The van der Waals surface area contributed by atoms with Gasteiger partial charge in [-0.15, -0.1) is 0 Å². The quantitative estimate of drug-likeness (QED) is 0.647. The monoisotopic (exact) mass is 484 g/mol. The summed E-state index contributed by atoms with van der Waals surface area (Å²) in [7, 11) is -3.85. The van der Waals surface area contributed by atoms with Crippen LogP contribution >= 0.6 is 0 Å². The number of nitrogens with zero attached hydrogens (tertiary/aromatic N) is 3. The number of rotatable bonds is 4. The second-order valence-electron chi connectivity index (χ2n) is 7.06. The summed E-state index contributed by atoms with van der Waals surface area (Å²) in [6, 6.07) is 5.65. The molecule has 0 atom stereocenters. The van der Waals surface area contributed by atoms with Crippen LogP contribution in [0.5, 0.6) is 0 Å². The number of piperazine rings is 1. The Balaban J connectivity index is 1.76. The van der Waals surface area contributed by atoms with Gasteiger partial charge in [0, 0.05) is 49.7 Å². The zero-order valence-electron chi connectivity index (χ0n) is 16.2. The molecule has 1 aliphatic rings. The van der Waals surface area contributed by atoms with Gasteiger partial charge in [-0.3, -0.25) is 0 Å². The van der Waals surface area contributed by atoms with Crippen molar-refractivity contribution in [1.82, 2.24) is 9.29 Å². The minimum absolute atomic E-state index is 0.0291. The molecule has 1 aromatic carbocycles. The van der Waals surface area contributed by atoms with Gasteiger partial charge in [0.05, 0.1) is 4.90 Å². The molecule has 2 heterocycles. The molecule has 0 amide bonds. The second kappa shape index (κ2) is 8.08. The van der Waals surface area contributed by atoms with Gasteiger partial charge in [-0.1, -0.05) is 12.1 Å². The van der Waals surface area contributed by atoms with Gasteiger partial charge in [-0.2, -0.15) is 30.6 Å². The van der Waals surface area contributed by atoms with Crippen molar-refractivity contribution < 1.29 is 39.9 Å². The Morgan fingerprint density at radius 1 is 0.906 bits per heavy atom. The number of halogens is 6. The molecule has 14 heteroatoms. The zero-order chi connectivity index (χ0) is 23.9. The maximum Gasteiger partial charge on any atom is 0.430 e. The molecule has 176 valence electrons. The van der Waals surface area contributed by atoms with Gasteiger partial charge in [-0.05, 0) is 18.2 Å². The number of aromatic nitrogens is 1. The van der Waals surface area contributed by atoms with Gasteiger partial charge in [0.25, 0.3) is 5.60 Å². The minimum atomic E-state index is -5.97. The molecule has 1 fully saturated rings. The van der Waals surface area contributed by atoms with Gasteiger partial charge in [0.2, 0.25) is 10.0 Å². The predicted octanol–water partition coefficient (Wildman–Crippen LogP) is 2.49. The number of pyridine rings is 1. The smallest absolute Gasteiger partial charge is 0.384 e.